The number of hydrogen-bond donors (Lipinski definition) is 2. The number of nitrogens with zero attached hydrogens (tertiary/aromatic N) is 1. The van der Waals surface area contributed by atoms with E-state index in [1.165, 1.54) is 24.9 Å². The smallest absolute Gasteiger partial charge is 0.430 e. The molecule has 2 N–H and O–H groups in total. The molecule has 188 valence electrons. The first-order chi connectivity index (χ1) is 15.9. The highest BCUT2D eigenvalue weighted by Gasteiger charge is 2.76. The largest absolute Gasteiger partial charge is 0.542 e. The second-order valence-electron chi connectivity index (χ2n) is 10.8. The van der Waals surface area contributed by atoms with Crippen LogP contribution in [-0.2, 0) is 21.4 Å². The molecule has 6 atom stereocenters. The number of rotatable bonds is 3. The number of piperidine rings is 1. The van der Waals surface area contributed by atoms with Crippen molar-refractivity contribution in [1.29, 1.82) is 0 Å². The van der Waals surface area contributed by atoms with Crippen LogP contribution in [0.5, 0.6) is 11.5 Å². The fourth-order valence-corrected chi connectivity index (χ4v) is 7.35. The lowest BCUT2D eigenvalue weighted by Crippen LogP contribution is -2.81. The van der Waals surface area contributed by atoms with Crippen LogP contribution in [-0.4, -0.2) is 77.9 Å². The van der Waals surface area contributed by atoms with Crippen LogP contribution in [0.2, 0.25) is 0 Å². The predicted molar refractivity (Wildman–Crippen MR) is 111 cm³/mol. The Hall–Kier alpha value is -2.04. The van der Waals surface area contributed by atoms with Crippen molar-refractivity contribution in [1.82, 2.24) is 0 Å². The molecule has 5 aliphatic rings. The van der Waals surface area contributed by atoms with Gasteiger partial charge in [0, 0.05) is 31.4 Å². The van der Waals surface area contributed by atoms with Gasteiger partial charge in [0.1, 0.15) is 23.7 Å². The van der Waals surface area contributed by atoms with Crippen LogP contribution in [0.3, 0.4) is 0 Å². The number of phenolic OH excluding ortho intramolecular Hbond substituents is 1. The highest BCUT2D eigenvalue weighted by Crippen LogP contribution is 2.66. The van der Waals surface area contributed by atoms with E-state index in [4.69, 9.17) is 19.4 Å². The SMILES string of the molecule is CO[C@@H]1CCC2(O)[C@H]3Cc4ccc(O)c5c4[C@@]2(CC[N@+]3(C)CC2CC2)[C@H]1O5.O=C([O-])C(F)(F)F. The van der Waals surface area contributed by atoms with E-state index in [0.717, 1.165) is 48.2 Å². The van der Waals surface area contributed by atoms with Crippen molar-refractivity contribution >= 4 is 5.97 Å². The zero-order chi connectivity index (χ0) is 24.7. The van der Waals surface area contributed by atoms with Crippen molar-refractivity contribution in [3.8, 4) is 11.5 Å². The minimum absolute atomic E-state index is 0.0380. The Bertz CT molecular complexity index is 1010. The van der Waals surface area contributed by atoms with Gasteiger partial charge in [-0.2, -0.15) is 13.2 Å². The van der Waals surface area contributed by atoms with Crippen molar-refractivity contribution in [2.24, 2.45) is 5.92 Å². The number of aliphatic carboxylic acids is 1. The Morgan fingerprint density at radius 1 is 1.29 bits per heavy atom. The molecule has 0 aromatic heterocycles. The normalized spacial score (nSPS) is 39.4. The lowest BCUT2D eigenvalue weighted by Gasteiger charge is -2.65. The third-order valence-electron chi connectivity index (χ3n) is 8.96. The molecule has 2 saturated carbocycles. The van der Waals surface area contributed by atoms with Gasteiger partial charge in [-0.1, -0.05) is 6.07 Å². The molecule has 1 saturated heterocycles. The number of ether oxygens (including phenoxy) is 2. The number of aliphatic hydroxyl groups is 1. The number of alkyl halides is 3. The van der Waals surface area contributed by atoms with Gasteiger partial charge in [-0.3, -0.25) is 0 Å². The molecule has 2 aliphatic heterocycles. The van der Waals surface area contributed by atoms with E-state index in [1.807, 2.05) is 0 Å². The second-order valence-corrected chi connectivity index (χ2v) is 10.8. The van der Waals surface area contributed by atoms with Crippen LogP contribution in [0.4, 0.5) is 13.2 Å². The van der Waals surface area contributed by atoms with E-state index in [1.54, 1.807) is 13.2 Å². The summed E-state index contributed by atoms with van der Waals surface area (Å²) in [6.45, 7) is 2.25. The van der Waals surface area contributed by atoms with Gasteiger partial charge >= 0.3 is 6.18 Å². The Labute approximate surface area is 195 Å². The zero-order valence-electron chi connectivity index (χ0n) is 19.2. The highest BCUT2D eigenvalue weighted by molar-refractivity contribution is 5.70. The number of carboxylic acid groups (broad SMARTS) is 1. The van der Waals surface area contributed by atoms with Gasteiger partial charge in [-0.25, -0.2) is 0 Å². The monoisotopic (exact) mass is 485 g/mol. The molecular weight excluding hydrogens is 455 g/mol. The number of methoxy groups -OCH3 is 1. The number of phenols is 1. The van der Waals surface area contributed by atoms with Crippen molar-refractivity contribution < 1.29 is 47.2 Å². The number of carbonyl (C=O) groups excluding carboxylic acids is 1. The molecule has 6 rings (SSSR count). The molecule has 1 aromatic rings. The van der Waals surface area contributed by atoms with E-state index in [9.17, 15) is 23.4 Å². The van der Waals surface area contributed by atoms with Gasteiger partial charge < -0.3 is 34.1 Å². The quantitative estimate of drug-likeness (QED) is 0.629. The number of aromatic hydroxyl groups is 1. The lowest BCUT2D eigenvalue weighted by atomic mass is 9.48. The van der Waals surface area contributed by atoms with Gasteiger partial charge in [0.2, 0.25) is 0 Å². The summed E-state index contributed by atoms with van der Waals surface area (Å²) in [5.74, 6) is -1.37. The van der Waals surface area contributed by atoms with Gasteiger partial charge in [-0.05, 0) is 37.3 Å². The first-order valence-electron chi connectivity index (χ1n) is 11.8. The summed E-state index contributed by atoms with van der Waals surface area (Å²) in [6.07, 6.45) is 0.582. The summed E-state index contributed by atoms with van der Waals surface area (Å²) in [5, 5.41) is 31.7. The van der Waals surface area contributed by atoms with Gasteiger partial charge in [-0.15, -0.1) is 0 Å². The maximum atomic E-state index is 12.4. The minimum Gasteiger partial charge on any atom is -0.542 e. The van der Waals surface area contributed by atoms with Crippen molar-refractivity contribution in [3.05, 3.63) is 23.3 Å². The van der Waals surface area contributed by atoms with Crippen LogP contribution in [0.15, 0.2) is 12.1 Å². The Balaban J connectivity index is 0.000000304. The topological polar surface area (TPSA) is 99.1 Å². The van der Waals surface area contributed by atoms with Gasteiger partial charge in [0.15, 0.2) is 11.5 Å². The fourth-order valence-electron chi connectivity index (χ4n) is 7.35. The Morgan fingerprint density at radius 2 is 1.97 bits per heavy atom. The van der Waals surface area contributed by atoms with E-state index < -0.39 is 23.2 Å². The number of halogens is 3. The molecule has 3 fully saturated rings. The van der Waals surface area contributed by atoms with E-state index >= 15 is 0 Å². The molecule has 0 amide bonds. The van der Waals surface area contributed by atoms with Crippen molar-refractivity contribution in [2.75, 3.05) is 27.2 Å². The number of hydrogen-bond acceptors (Lipinski definition) is 6. The maximum Gasteiger partial charge on any atom is 0.430 e. The zero-order valence-corrected chi connectivity index (χ0v) is 19.2. The van der Waals surface area contributed by atoms with Crippen molar-refractivity contribution in [3.63, 3.8) is 0 Å². The fraction of sp³-hybridized carbons (Fsp3) is 0.708. The van der Waals surface area contributed by atoms with E-state index in [-0.39, 0.29) is 24.0 Å². The van der Waals surface area contributed by atoms with Crippen molar-refractivity contribution in [2.45, 2.75) is 74.0 Å². The molecule has 34 heavy (non-hydrogen) atoms. The number of likely N-dealkylation sites (tertiary alicyclic amines) is 1. The average Bonchev–Trinajstić information content (AvgIpc) is 3.49. The van der Waals surface area contributed by atoms with Crippen LogP contribution in [0.1, 0.15) is 43.2 Å². The summed E-state index contributed by atoms with van der Waals surface area (Å²) < 4.78 is 44.7. The maximum absolute atomic E-state index is 12.4. The van der Waals surface area contributed by atoms with Gasteiger partial charge in [0.25, 0.3) is 0 Å². The second kappa shape index (κ2) is 7.48. The third-order valence-corrected chi connectivity index (χ3v) is 8.96. The number of quaternary nitrogens is 1. The summed E-state index contributed by atoms with van der Waals surface area (Å²) in [4.78, 5) is 8.78. The molecule has 0 radical (unpaired) electrons. The molecule has 1 unspecified atom stereocenters. The minimum atomic E-state index is -5.19. The predicted octanol–water partition coefficient (Wildman–Crippen LogP) is 1.41. The molecule has 2 heterocycles. The molecule has 2 bridgehead atoms. The lowest BCUT2D eigenvalue weighted by molar-refractivity contribution is -0.950. The number of likely N-dealkylation sites (N-methyl/N-ethyl adjacent to an activating group) is 1. The molecular formula is C24H30F3NO6. The third kappa shape index (κ3) is 3.18. The van der Waals surface area contributed by atoms with Gasteiger partial charge in [0.05, 0.1) is 31.7 Å². The molecule has 1 aromatic carbocycles. The number of benzene rings is 1. The van der Waals surface area contributed by atoms with Crippen LogP contribution in [0, 0.1) is 5.92 Å². The summed E-state index contributed by atoms with van der Waals surface area (Å²) >= 11 is 0. The Kier molecular flexibility index (Phi) is 5.21. The summed E-state index contributed by atoms with van der Waals surface area (Å²) in [6, 6.07) is 4.03. The first kappa shape index (κ1) is 23.7. The summed E-state index contributed by atoms with van der Waals surface area (Å²) in [5.41, 5.74) is 1.11. The van der Waals surface area contributed by atoms with E-state index in [2.05, 4.69) is 13.1 Å². The van der Waals surface area contributed by atoms with Crippen LogP contribution < -0.4 is 9.84 Å². The standard InChI is InChI=1S/C22H29NO4.C2HF3O2/c1-23(12-13-3-4-13)10-9-21-18-14-5-6-15(24)19(18)27-20(21)16(26-2)7-8-22(21,25)17(23)11-14;3-2(4,5)1(6)7/h5-6,13,16-17,20,25H,3-4,7-12H2,1-2H3;(H,6,7)/t16-,17-,20+,21+,22?,23-;/m1./s1. The molecule has 10 heteroatoms. The highest BCUT2D eigenvalue weighted by atomic mass is 19.4. The van der Waals surface area contributed by atoms with Crippen LogP contribution in [0.25, 0.3) is 0 Å². The number of carbonyl (C=O) groups is 1. The average molecular weight is 485 g/mol. The number of carboxylic acids is 1. The molecule has 3 aliphatic carbocycles. The molecule has 1 spiro atoms. The molecule has 7 nitrogen and oxygen atoms in total. The Morgan fingerprint density at radius 3 is 2.56 bits per heavy atom. The summed E-state index contributed by atoms with van der Waals surface area (Å²) in [7, 11) is 4.11. The van der Waals surface area contributed by atoms with Crippen LogP contribution >= 0.6 is 0 Å². The van der Waals surface area contributed by atoms with E-state index in [0.29, 0.717) is 5.75 Å². The first-order valence-corrected chi connectivity index (χ1v) is 11.8.